The van der Waals surface area contributed by atoms with E-state index in [9.17, 15) is 4.79 Å². The molecule has 0 amide bonds. The number of unbranched alkanes of at least 4 members (excludes halogenated alkanes) is 9. The van der Waals surface area contributed by atoms with Crippen molar-refractivity contribution in [2.45, 2.75) is 96.5 Å². The lowest BCUT2D eigenvalue weighted by Crippen LogP contribution is -2.06. The van der Waals surface area contributed by atoms with Crippen molar-refractivity contribution in [1.29, 1.82) is 0 Å². The van der Waals surface area contributed by atoms with Crippen LogP contribution in [0, 0.1) is 0 Å². The molecule has 0 aromatic carbocycles. The summed E-state index contributed by atoms with van der Waals surface area (Å²) in [6.45, 7) is 2.21. The van der Waals surface area contributed by atoms with Crippen molar-refractivity contribution in [1.82, 2.24) is 0 Å². The van der Waals surface area contributed by atoms with Crippen molar-refractivity contribution in [2.75, 3.05) is 0 Å². The van der Waals surface area contributed by atoms with Gasteiger partial charge in [0.15, 0.2) is 0 Å². The van der Waals surface area contributed by atoms with Crippen molar-refractivity contribution in [3.8, 4) is 0 Å². The molecule has 0 rings (SSSR count). The van der Waals surface area contributed by atoms with Crippen LogP contribution in [0.4, 0.5) is 0 Å². The van der Waals surface area contributed by atoms with Crippen LogP contribution in [0.15, 0.2) is 12.2 Å². The molecule has 0 fully saturated rings. The lowest BCUT2D eigenvalue weighted by atomic mass is 10.1. The molecule has 0 spiro atoms. The Labute approximate surface area is 135 Å². The smallest absolute Gasteiger partial charge is 0.303 e. The molecular formula is C18H34O4. The van der Waals surface area contributed by atoms with E-state index in [1.807, 2.05) is 6.08 Å². The van der Waals surface area contributed by atoms with Gasteiger partial charge in [-0.15, -0.1) is 0 Å². The molecule has 0 aromatic rings. The molecule has 0 aliphatic rings. The maximum atomic E-state index is 10.4. The van der Waals surface area contributed by atoms with Crippen LogP contribution in [0.3, 0.4) is 0 Å². The summed E-state index contributed by atoms with van der Waals surface area (Å²) in [4.78, 5) is 14.9. The molecule has 0 aromatic heterocycles. The Bertz CT molecular complexity index is 276. The number of rotatable bonds is 16. The first-order valence-corrected chi connectivity index (χ1v) is 8.89. The number of carboxylic acids is 1. The van der Waals surface area contributed by atoms with Crippen LogP contribution in [0.2, 0.25) is 0 Å². The second-order valence-corrected chi connectivity index (χ2v) is 5.98. The Morgan fingerprint density at radius 3 is 2.27 bits per heavy atom. The molecule has 0 radical (unpaired) electrons. The third-order valence-electron chi connectivity index (χ3n) is 3.84. The molecule has 0 unspecified atom stereocenters. The first-order chi connectivity index (χ1) is 10.7. The Morgan fingerprint density at radius 1 is 1.00 bits per heavy atom. The number of hydrogen-bond donors (Lipinski definition) is 2. The Hall–Kier alpha value is -0.870. The van der Waals surface area contributed by atoms with Crippen LogP contribution in [-0.4, -0.2) is 22.4 Å². The lowest BCUT2D eigenvalue weighted by Gasteiger charge is -2.08. The van der Waals surface area contributed by atoms with Gasteiger partial charge in [0.1, 0.15) is 6.10 Å². The zero-order valence-electron chi connectivity index (χ0n) is 14.1. The number of carboxylic acid groups (broad SMARTS) is 1. The third kappa shape index (κ3) is 15.5. The van der Waals surface area contributed by atoms with Crippen molar-refractivity contribution in [2.24, 2.45) is 0 Å². The molecule has 2 N–H and O–H groups in total. The van der Waals surface area contributed by atoms with Crippen LogP contribution in [0.5, 0.6) is 0 Å². The molecule has 22 heavy (non-hydrogen) atoms. The Balaban J connectivity index is 3.45. The molecule has 1 atom stereocenters. The Kier molecular flexibility index (Phi) is 15.8. The predicted molar refractivity (Wildman–Crippen MR) is 90.0 cm³/mol. The highest BCUT2D eigenvalue weighted by Crippen LogP contribution is 2.12. The average Bonchev–Trinajstić information content (AvgIpc) is 2.50. The average molecular weight is 314 g/mol. The summed E-state index contributed by atoms with van der Waals surface area (Å²) in [5.74, 6) is -0.704. The van der Waals surface area contributed by atoms with Crippen molar-refractivity contribution in [3.05, 3.63) is 12.2 Å². The van der Waals surface area contributed by atoms with E-state index in [4.69, 9.17) is 10.4 Å². The maximum absolute atomic E-state index is 10.4. The van der Waals surface area contributed by atoms with E-state index in [2.05, 4.69) is 17.9 Å². The van der Waals surface area contributed by atoms with E-state index in [0.717, 1.165) is 51.4 Å². The van der Waals surface area contributed by atoms with Gasteiger partial charge < -0.3 is 5.11 Å². The van der Waals surface area contributed by atoms with Gasteiger partial charge in [-0.1, -0.05) is 70.4 Å². The SMILES string of the molecule is CCCCCC/C=C\[C@@H](CCCCCCCCC(=O)O)OO. The summed E-state index contributed by atoms with van der Waals surface area (Å²) in [6, 6.07) is 0. The normalized spacial score (nSPS) is 12.8. The molecule has 0 heterocycles. The summed E-state index contributed by atoms with van der Waals surface area (Å²) >= 11 is 0. The van der Waals surface area contributed by atoms with Crippen LogP contribution >= 0.6 is 0 Å². The van der Waals surface area contributed by atoms with Crippen molar-refractivity contribution in [3.63, 3.8) is 0 Å². The van der Waals surface area contributed by atoms with E-state index in [-0.39, 0.29) is 12.5 Å². The van der Waals surface area contributed by atoms with Crippen LogP contribution in [0.25, 0.3) is 0 Å². The molecule has 0 bridgehead atoms. The molecular weight excluding hydrogens is 280 g/mol. The molecule has 4 heteroatoms. The van der Waals surface area contributed by atoms with E-state index < -0.39 is 5.97 Å². The van der Waals surface area contributed by atoms with Gasteiger partial charge >= 0.3 is 5.97 Å². The number of carbonyl (C=O) groups is 1. The fraction of sp³-hybridized carbons (Fsp3) is 0.833. The van der Waals surface area contributed by atoms with Crippen LogP contribution in [-0.2, 0) is 9.68 Å². The van der Waals surface area contributed by atoms with Gasteiger partial charge in [-0.25, -0.2) is 4.89 Å². The van der Waals surface area contributed by atoms with Crippen LogP contribution < -0.4 is 0 Å². The van der Waals surface area contributed by atoms with E-state index in [1.54, 1.807) is 0 Å². The largest absolute Gasteiger partial charge is 0.481 e. The highest BCUT2D eigenvalue weighted by atomic mass is 17.1. The first kappa shape index (κ1) is 21.1. The van der Waals surface area contributed by atoms with Gasteiger partial charge in [0, 0.05) is 6.42 Å². The lowest BCUT2D eigenvalue weighted by molar-refractivity contribution is -0.267. The summed E-state index contributed by atoms with van der Waals surface area (Å²) in [5.41, 5.74) is 0. The van der Waals surface area contributed by atoms with Crippen LogP contribution in [0.1, 0.15) is 90.4 Å². The molecule has 0 aliphatic carbocycles. The molecule has 0 saturated heterocycles. The van der Waals surface area contributed by atoms with Gasteiger partial charge in [0.25, 0.3) is 0 Å². The predicted octanol–water partition coefficient (Wildman–Crippen LogP) is 5.58. The second-order valence-electron chi connectivity index (χ2n) is 5.98. The standard InChI is InChI=1S/C18H34O4/c1-2-3-4-5-8-11-14-17(22-21)15-12-9-6-7-10-13-16-18(19)20/h11,14,17,21H,2-10,12-13,15-16H2,1H3,(H,19,20)/b14-11-/t17-/m0/s1. The summed E-state index contributed by atoms with van der Waals surface area (Å²) in [6.07, 6.45) is 17.2. The molecule has 4 nitrogen and oxygen atoms in total. The molecule has 130 valence electrons. The second kappa shape index (κ2) is 16.5. The third-order valence-corrected chi connectivity index (χ3v) is 3.84. The van der Waals surface area contributed by atoms with E-state index in [0.29, 0.717) is 0 Å². The molecule has 0 saturated carbocycles. The van der Waals surface area contributed by atoms with E-state index >= 15 is 0 Å². The number of allylic oxidation sites excluding steroid dienone is 1. The fourth-order valence-corrected chi connectivity index (χ4v) is 2.45. The summed E-state index contributed by atoms with van der Waals surface area (Å²) in [5, 5.41) is 17.4. The van der Waals surface area contributed by atoms with Crippen molar-refractivity contribution >= 4 is 5.97 Å². The quantitative estimate of drug-likeness (QED) is 0.169. The van der Waals surface area contributed by atoms with Gasteiger partial charge in [-0.05, 0) is 25.7 Å². The van der Waals surface area contributed by atoms with E-state index in [1.165, 1.54) is 25.7 Å². The van der Waals surface area contributed by atoms with Gasteiger partial charge in [0.2, 0.25) is 0 Å². The van der Waals surface area contributed by atoms with Gasteiger partial charge in [-0.3, -0.25) is 10.1 Å². The summed E-state index contributed by atoms with van der Waals surface area (Å²) in [7, 11) is 0. The minimum atomic E-state index is -0.704. The van der Waals surface area contributed by atoms with Gasteiger partial charge in [0.05, 0.1) is 0 Å². The molecule has 0 aliphatic heterocycles. The maximum Gasteiger partial charge on any atom is 0.303 e. The zero-order valence-corrected chi connectivity index (χ0v) is 14.1. The highest BCUT2D eigenvalue weighted by Gasteiger charge is 2.04. The number of aliphatic carboxylic acids is 1. The minimum Gasteiger partial charge on any atom is -0.481 e. The topological polar surface area (TPSA) is 66.8 Å². The minimum absolute atomic E-state index is 0.182. The van der Waals surface area contributed by atoms with Crippen molar-refractivity contribution < 1.29 is 20.0 Å². The highest BCUT2D eigenvalue weighted by molar-refractivity contribution is 5.66. The van der Waals surface area contributed by atoms with Gasteiger partial charge in [-0.2, -0.15) is 0 Å². The number of hydrogen-bond acceptors (Lipinski definition) is 3. The first-order valence-electron chi connectivity index (χ1n) is 8.89. The fourth-order valence-electron chi connectivity index (χ4n) is 2.45. The monoisotopic (exact) mass is 314 g/mol. The zero-order chi connectivity index (χ0) is 16.5. The Morgan fingerprint density at radius 2 is 1.64 bits per heavy atom. The summed E-state index contributed by atoms with van der Waals surface area (Å²) < 4.78 is 0.